The van der Waals surface area contributed by atoms with Gasteiger partial charge < -0.3 is 24.3 Å². The third kappa shape index (κ3) is 6.75. The number of amides is 1. The quantitative estimate of drug-likeness (QED) is 0.424. The lowest BCUT2D eigenvalue weighted by molar-refractivity contribution is -0.129. The fourth-order valence-corrected chi connectivity index (χ4v) is 4.48. The third-order valence-electron chi connectivity index (χ3n) is 6.37. The minimum absolute atomic E-state index is 0.0340. The molecule has 0 spiro atoms. The largest absolute Gasteiger partial charge is 0.476 e. The molecular weight excluding hydrogens is 477 g/mol. The van der Waals surface area contributed by atoms with Gasteiger partial charge in [0.1, 0.15) is 0 Å². The van der Waals surface area contributed by atoms with Crippen LogP contribution in [0.15, 0.2) is 67.0 Å². The van der Waals surface area contributed by atoms with Gasteiger partial charge in [0.2, 0.25) is 6.79 Å². The number of ether oxygens (including phenoxy) is 4. The Morgan fingerprint density at radius 3 is 2.76 bits per heavy atom. The van der Waals surface area contributed by atoms with E-state index in [4.69, 9.17) is 18.9 Å². The molecule has 1 aromatic heterocycles. The lowest BCUT2D eigenvalue weighted by Crippen LogP contribution is -2.47. The number of rotatable bonds is 11. The van der Waals surface area contributed by atoms with Crippen LogP contribution < -0.4 is 19.5 Å². The van der Waals surface area contributed by atoms with Crippen LogP contribution in [-0.4, -0.2) is 54.5 Å². The maximum Gasteiger partial charge on any atom is 0.262 e. The van der Waals surface area contributed by atoms with E-state index in [2.05, 4.69) is 15.2 Å². The number of aromatic nitrogens is 1. The van der Waals surface area contributed by atoms with Gasteiger partial charge in [-0.2, -0.15) is 0 Å². The number of nitrogens with zero attached hydrogens (tertiary/aromatic N) is 2. The molecule has 2 atom stereocenters. The molecule has 0 bridgehead atoms. The fraction of sp³-hybridized carbons (Fsp3) is 0.357. The van der Waals surface area contributed by atoms with Crippen LogP contribution in [0.2, 0.25) is 0 Å². The highest BCUT2D eigenvalue weighted by atomic mass is 19.1. The van der Waals surface area contributed by atoms with Crippen LogP contribution in [0, 0.1) is 5.82 Å². The van der Waals surface area contributed by atoms with Crippen molar-refractivity contribution >= 4 is 5.91 Å². The first-order valence-corrected chi connectivity index (χ1v) is 12.4. The minimum Gasteiger partial charge on any atom is -0.476 e. The molecule has 1 amide bonds. The van der Waals surface area contributed by atoms with Crippen molar-refractivity contribution < 1.29 is 28.1 Å². The molecular formula is C28H30FN3O5. The summed E-state index contributed by atoms with van der Waals surface area (Å²) in [7, 11) is 0. The van der Waals surface area contributed by atoms with Crippen LogP contribution in [-0.2, 0) is 22.6 Å². The predicted octanol–water partition coefficient (Wildman–Crippen LogP) is 3.69. The van der Waals surface area contributed by atoms with Gasteiger partial charge in [-0.3, -0.25) is 14.7 Å². The van der Waals surface area contributed by atoms with Gasteiger partial charge in [-0.1, -0.05) is 18.2 Å². The Morgan fingerprint density at radius 1 is 1.11 bits per heavy atom. The van der Waals surface area contributed by atoms with Gasteiger partial charge >= 0.3 is 0 Å². The molecule has 194 valence electrons. The lowest BCUT2D eigenvalue weighted by Gasteiger charge is -2.29. The highest BCUT2D eigenvalue weighted by Gasteiger charge is 2.28. The van der Waals surface area contributed by atoms with E-state index in [1.807, 2.05) is 30.3 Å². The van der Waals surface area contributed by atoms with Crippen LogP contribution in [0.25, 0.3) is 0 Å². The van der Waals surface area contributed by atoms with Crippen LogP contribution >= 0.6 is 0 Å². The first-order valence-electron chi connectivity index (χ1n) is 12.4. The van der Waals surface area contributed by atoms with Crippen molar-refractivity contribution in [2.75, 3.05) is 26.5 Å². The molecule has 9 heteroatoms. The summed E-state index contributed by atoms with van der Waals surface area (Å²) < 4.78 is 37.3. The molecule has 0 aliphatic carbocycles. The van der Waals surface area contributed by atoms with Crippen molar-refractivity contribution in [1.82, 2.24) is 15.2 Å². The average Bonchev–Trinajstić information content (AvgIpc) is 3.60. The fourth-order valence-electron chi connectivity index (χ4n) is 4.48. The first kappa shape index (κ1) is 25.0. The van der Waals surface area contributed by atoms with E-state index >= 15 is 0 Å². The number of nitrogens with one attached hydrogen (secondary N) is 1. The molecule has 1 N–H and O–H groups in total. The van der Waals surface area contributed by atoms with Crippen molar-refractivity contribution in [1.29, 1.82) is 0 Å². The first-order chi connectivity index (χ1) is 18.1. The van der Waals surface area contributed by atoms with Crippen molar-refractivity contribution in [3.05, 3.63) is 83.9 Å². The third-order valence-corrected chi connectivity index (χ3v) is 6.37. The molecule has 37 heavy (non-hydrogen) atoms. The zero-order chi connectivity index (χ0) is 25.5. The second kappa shape index (κ2) is 12.0. The molecule has 8 nitrogen and oxygen atoms in total. The van der Waals surface area contributed by atoms with Crippen molar-refractivity contribution in [2.45, 2.75) is 38.1 Å². The Balaban J connectivity index is 1.34. The van der Waals surface area contributed by atoms with Crippen LogP contribution in [0.5, 0.6) is 17.2 Å². The maximum atomic E-state index is 14.5. The van der Waals surface area contributed by atoms with Crippen LogP contribution in [0.4, 0.5) is 4.39 Å². The SMILES string of the molecule is O=C(NCc1ccncc1)C(CN(Cc1ccc2c(c1)OCO2)CC1CCCO1)Oc1ccccc1F. The number of hydrogen-bond acceptors (Lipinski definition) is 7. The molecule has 2 aromatic carbocycles. The number of carbonyl (C=O) groups excluding carboxylic acids is 1. The summed E-state index contributed by atoms with van der Waals surface area (Å²) >= 11 is 0. The van der Waals surface area contributed by atoms with E-state index in [-0.39, 0.29) is 31.1 Å². The normalized spacial score (nSPS) is 17.1. The number of para-hydroxylation sites is 1. The number of hydrogen-bond donors (Lipinski definition) is 1. The average molecular weight is 508 g/mol. The summed E-state index contributed by atoms with van der Waals surface area (Å²) in [6.07, 6.45) is 4.40. The summed E-state index contributed by atoms with van der Waals surface area (Å²) in [5.41, 5.74) is 1.91. The second-order valence-electron chi connectivity index (χ2n) is 9.13. The molecule has 1 saturated heterocycles. The topological polar surface area (TPSA) is 82.2 Å². The van der Waals surface area contributed by atoms with E-state index in [1.165, 1.54) is 12.1 Å². The molecule has 2 aliphatic heterocycles. The van der Waals surface area contributed by atoms with Gasteiger partial charge in [0.25, 0.3) is 5.91 Å². The lowest BCUT2D eigenvalue weighted by atomic mass is 10.1. The van der Waals surface area contributed by atoms with E-state index in [9.17, 15) is 9.18 Å². The number of halogens is 1. The van der Waals surface area contributed by atoms with E-state index in [0.29, 0.717) is 31.1 Å². The molecule has 3 aromatic rings. The van der Waals surface area contributed by atoms with E-state index < -0.39 is 11.9 Å². The molecule has 1 fully saturated rings. The van der Waals surface area contributed by atoms with Gasteiger partial charge in [-0.15, -0.1) is 0 Å². The summed E-state index contributed by atoms with van der Waals surface area (Å²) in [6.45, 7) is 2.63. The van der Waals surface area contributed by atoms with Gasteiger partial charge in [-0.05, 0) is 60.4 Å². The Labute approximate surface area is 215 Å². The standard InChI is InChI=1S/C28H30FN3O5/c29-23-5-1-2-6-24(23)37-27(28(33)31-15-20-9-11-30-12-10-20)18-32(17-22-4-3-13-34-22)16-21-7-8-25-26(14-21)36-19-35-25/h1-2,5-12,14,22,27H,3-4,13,15-19H2,(H,31,33). The van der Waals surface area contributed by atoms with Crippen molar-refractivity contribution in [3.63, 3.8) is 0 Å². The van der Waals surface area contributed by atoms with Gasteiger partial charge in [0.05, 0.1) is 6.10 Å². The zero-order valence-electron chi connectivity index (χ0n) is 20.5. The van der Waals surface area contributed by atoms with E-state index in [1.54, 1.807) is 24.5 Å². The summed E-state index contributed by atoms with van der Waals surface area (Å²) in [5.74, 6) is 0.597. The highest BCUT2D eigenvalue weighted by Crippen LogP contribution is 2.33. The Morgan fingerprint density at radius 2 is 1.95 bits per heavy atom. The smallest absolute Gasteiger partial charge is 0.262 e. The summed E-state index contributed by atoms with van der Waals surface area (Å²) in [4.78, 5) is 19.5. The highest BCUT2D eigenvalue weighted by molar-refractivity contribution is 5.81. The molecule has 2 unspecified atom stereocenters. The van der Waals surface area contributed by atoms with Gasteiger partial charge in [-0.25, -0.2) is 4.39 Å². The number of benzene rings is 2. The summed E-state index contributed by atoms with van der Waals surface area (Å²) in [5, 5.41) is 2.93. The van der Waals surface area contributed by atoms with Gasteiger partial charge in [0.15, 0.2) is 29.2 Å². The number of carbonyl (C=O) groups is 1. The van der Waals surface area contributed by atoms with E-state index in [0.717, 1.165) is 30.6 Å². The minimum atomic E-state index is -0.950. The van der Waals surface area contributed by atoms with Crippen LogP contribution in [0.1, 0.15) is 24.0 Å². The monoisotopic (exact) mass is 507 g/mol. The van der Waals surface area contributed by atoms with Gasteiger partial charge in [0, 0.05) is 45.2 Å². The van der Waals surface area contributed by atoms with Crippen LogP contribution in [0.3, 0.4) is 0 Å². The number of fused-ring (bicyclic) bond motifs is 1. The van der Waals surface area contributed by atoms with Crippen molar-refractivity contribution in [2.24, 2.45) is 0 Å². The second-order valence-corrected chi connectivity index (χ2v) is 9.13. The zero-order valence-corrected chi connectivity index (χ0v) is 20.5. The predicted molar refractivity (Wildman–Crippen MR) is 134 cm³/mol. The van der Waals surface area contributed by atoms with Crippen molar-refractivity contribution in [3.8, 4) is 17.2 Å². The Bertz CT molecular complexity index is 1190. The molecule has 3 heterocycles. The maximum absolute atomic E-state index is 14.5. The molecule has 0 saturated carbocycles. The Kier molecular flexibility index (Phi) is 8.12. The molecule has 0 radical (unpaired) electrons. The number of pyridine rings is 1. The molecule has 2 aliphatic rings. The summed E-state index contributed by atoms with van der Waals surface area (Å²) in [6, 6.07) is 15.6. The Hall–Kier alpha value is -3.69. The molecule has 5 rings (SSSR count).